The smallest absolute Gasteiger partial charge is 0.273 e. The minimum Gasteiger partial charge on any atom is -0.321 e. The molecule has 0 heterocycles. The number of benzene rings is 3. The molecular formula is C21H15Cl2N3O2. The van der Waals surface area contributed by atoms with Gasteiger partial charge in [0.1, 0.15) is 0 Å². The normalized spacial score (nSPS) is 10.6. The SMILES string of the molecule is O=C(Nc1ccccc1C(=O)N/N=C\c1ccccc1Cl)c1ccc(Cl)cc1. The van der Waals surface area contributed by atoms with Crippen molar-refractivity contribution in [2.24, 2.45) is 5.10 Å². The molecule has 0 aliphatic carbocycles. The van der Waals surface area contributed by atoms with Crippen LogP contribution >= 0.6 is 23.2 Å². The van der Waals surface area contributed by atoms with Crippen molar-refractivity contribution in [3.05, 3.63) is 99.5 Å². The molecule has 7 heteroatoms. The van der Waals surface area contributed by atoms with Crippen LogP contribution in [-0.4, -0.2) is 18.0 Å². The Balaban J connectivity index is 1.72. The van der Waals surface area contributed by atoms with Gasteiger partial charge >= 0.3 is 0 Å². The van der Waals surface area contributed by atoms with Crippen molar-refractivity contribution in [1.29, 1.82) is 0 Å². The van der Waals surface area contributed by atoms with E-state index in [-0.39, 0.29) is 11.5 Å². The van der Waals surface area contributed by atoms with E-state index in [1.54, 1.807) is 66.7 Å². The van der Waals surface area contributed by atoms with Gasteiger partial charge in [0.05, 0.1) is 17.5 Å². The fourth-order valence-electron chi connectivity index (χ4n) is 2.39. The first-order valence-corrected chi connectivity index (χ1v) is 9.04. The molecule has 0 saturated heterocycles. The van der Waals surface area contributed by atoms with Crippen molar-refractivity contribution < 1.29 is 9.59 Å². The monoisotopic (exact) mass is 411 g/mol. The molecule has 0 bridgehead atoms. The fourth-order valence-corrected chi connectivity index (χ4v) is 2.70. The van der Waals surface area contributed by atoms with Gasteiger partial charge in [0.25, 0.3) is 11.8 Å². The second kappa shape index (κ2) is 9.17. The van der Waals surface area contributed by atoms with Crippen molar-refractivity contribution in [3.63, 3.8) is 0 Å². The maximum atomic E-state index is 12.5. The zero-order valence-electron chi connectivity index (χ0n) is 14.5. The van der Waals surface area contributed by atoms with Crippen LogP contribution in [0, 0.1) is 0 Å². The van der Waals surface area contributed by atoms with Crippen LogP contribution in [-0.2, 0) is 0 Å². The van der Waals surface area contributed by atoms with Crippen LogP contribution in [0.15, 0.2) is 77.9 Å². The molecule has 3 aromatic rings. The molecule has 0 fully saturated rings. The quantitative estimate of drug-likeness (QED) is 0.457. The Morgan fingerprint density at radius 3 is 2.25 bits per heavy atom. The van der Waals surface area contributed by atoms with Crippen molar-refractivity contribution >= 4 is 46.9 Å². The Labute approximate surface area is 172 Å². The maximum Gasteiger partial charge on any atom is 0.273 e. The number of hydrogen-bond acceptors (Lipinski definition) is 3. The van der Waals surface area contributed by atoms with Gasteiger partial charge in [-0.15, -0.1) is 0 Å². The summed E-state index contributed by atoms with van der Waals surface area (Å²) in [7, 11) is 0. The molecule has 0 aliphatic heterocycles. The Kier molecular flexibility index (Phi) is 6.42. The van der Waals surface area contributed by atoms with Gasteiger partial charge in [-0.2, -0.15) is 5.10 Å². The number of carbonyl (C=O) groups excluding carboxylic acids is 2. The van der Waals surface area contributed by atoms with E-state index >= 15 is 0 Å². The molecular weight excluding hydrogens is 397 g/mol. The maximum absolute atomic E-state index is 12.5. The molecule has 0 unspecified atom stereocenters. The second-order valence-corrected chi connectivity index (χ2v) is 6.57. The predicted octanol–water partition coefficient (Wildman–Crippen LogP) is 5.01. The molecule has 140 valence electrons. The van der Waals surface area contributed by atoms with Gasteiger partial charge in [0.2, 0.25) is 0 Å². The summed E-state index contributed by atoms with van der Waals surface area (Å²) in [5.74, 6) is -0.813. The summed E-state index contributed by atoms with van der Waals surface area (Å²) in [6.45, 7) is 0. The van der Waals surface area contributed by atoms with Crippen molar-refractivity contribution in [1.82, 2.24) is 5.43 Å². The molecule has 3 rings (SSSR count). The summed E-state index contributed by atoms with van der Waals surface area (Å²) in [5.41, 5.74) is 4.19. The van der Waals surface area contributed by atoms with E-state index in [0.717, 1.165) is 0 Å². The number of halogens is 2. The van der Waals surface area contributed by atoms with E-state index in [1.807, 2.05) is 6.07 Å². The highest BCUT2D eigenvalue weighted by atomic mass is 35.5. The average molecular weight is 412 g/mol. The third kappa shape index (κ3) is 4.97. The molecule has 0 atom stereocenters. The second-order valence-electron chi connectivity index (χ2n) is 5.73. The van der Waals surface area contributed by atoms with Gasteiger partial charge in [-0.05, 0) is 42.5 Å². The van der Waals surface area contributed by atoms with Gasteiger partial charge < -0.3 is 5.32 Å². The molecule has 0 spiro atoms. The standard InChI is InChI=1S/C21H15Cl2N3O2/c22-16-11-9-14(10-12-16)20(27)25-19-8-4-2-6-17(19)21(28)26-24-13-15-5-1-3-7-18(15)23/h1-13H,(H,25,27)(H,26,28)/b24-13-. The highest BCUT2D eigenvalue weighted by molar-refractivity contribution is 6.33. The van der Waals surface area contributed by atoms with Crippen LogP contribution in [0.5, 0.6) is 0 Å². The zero-order chi connectivity index (χ0) is 19.9. The highest BCUT2D eigenvalue weighted by Gasteiger charge is 2.13. The molecule has 28 heavy (non-hydrogen) atoms. The van der Waals surface area contributed by atoms with Gasteiger partial charge in [0.15, 0.2) is 0 Å². The molecule has 2 amide bonds. The topological polar surface area (TPSA) is 70.6 Å². The minimum atomic E-state index is -0.463. The number of anilines is 1. The van der Waals surface area contributed by atoms with E-state index in [1.165, 1.54) is 6.21 Å². The third-order valence-electron chi connectivity index (χ3n) is 3.80. The highest BCUT2D eigenvalue weighted by Crippen LogP contribution is 2.17. The summed E-state index contributed by atoms with van der Waals surface area (Å²) in [6, 6.07) is 20.2. The van der Waals surface area contributed by atoms with Crippen molar-refractivity contribution in [2.75, 3.05) is 5.32 Å². The van der Waals surface area contributed by atoms with E-state index in [4.69, 9.17) is 23.2 Å². The predicted molar refractivity (Wildman–Crippen MR) is 112 cm³/mol. The number of carbonyl (C=O) groups is 2. The average Bonchev–Trinajstić information content (AvgIpc) is 2.70. The summed E-state index contributed by atoms with van der Waals surface area (Å²) < 4.78 is 0. The van der Waals surface area contributed by atoms with Gasteiger partial charge in [-0.3, -0.25) is 9.59 Å². The lowest BCUT2D eigenvalue weighted by atomic mass is 10.1. The van der Waals surface area contributed by atoms with E-state index < -0.39 is 5.91 Å². The fraction of sp³-hybridized carbons (Fsp3) is 0. The third-order valence-corrected chi connectivity index (χ3v) is 4.40. The first-order chi connectivity index (χ1) is 13.5. The lowest BCUT2D eigenvalue weighted by Gasteiger charge is -2.10. The molecule has 0 aliphatic rings. The zero-order valence-corrected chi connectivity index (χ0v) is 16.0. The number of rotatable bonds is 5. The Morgan fingerprint density at radius 2 is 1.50 bits per heavy atom. The van der Waals surface area contributed by atoms with Crippen LogP contribution < -0.4 is 10.7 Å². The van der Waals surface area contributed by atoms with Crippen LogP contribution in [0.2, 0.25) is 10.0 Å². The van der Waals surface area contributed by atoms with E-state index in [2.05, 4.69) is 15.8 Å². The minimum absolute atomic E-state index is 0.279. The number of hydrogen-bond donors (Lipinski definition) is 2. The molecule has 0 saturated carbocycles. The lowest BCUT2D eigenvalue weighted by molar-refractivity contribution is 0.0956. The number of para-hydroxylation sites is 1. The van der Waals surface area contributed by atoms with Crippen LogP contribution in [0.3, 0.4) is 0 Å². The van der Waals surface area contributed by atoms with Crippen LogP contribution in [0.4, 0.5) is 5.69 Å². The summed E-state index contributed by atoms with van der Waals surface area (Å²) >= 11 is 11.9. The number of hydrazone groups is 1. The van der Waals surface area contributed by atoms with Crippen molar-refractivity contribution in [2.45, 2.75) is 0 Å². The molecule has 3 aromatic carbocycles. The molecule has 5 nitrogen and oxygen atoms in total. The van der Waals surface area contributed by atoms with Gasteiger partial charge in [0, 0.05) is 21.2 Å². The Hall–Kier alpha value is -3.15. The summed E-state index contributed by atoms with van der Waals surface area (Å²) in [5, 5.41) is 7.72. The number of nitrogens with one attached hydrogen (secondary N) is 2. The summed E-state index contributed by atoms with van der Waals surface area (Å²) in [4.78, 5) is 24.9. The number of nitrogens with zero attached hydrogens (tertiary/aromatic N) is 1. The van der Waals surface area contributed by atoms with Crippen LogP contribution in [0.1, 0.15) is 26.3 Å². The Bertz CT molecular complexity index is 1030. The first kappa shape index (κ1) is 19.6. The Morgan fingerprint density at radius 1 is 0.821 bits per heavy atom. The van der Waals surface area contributed by atoms with E-state index in [0.29, 0.717) is 26.9 Å². The molecule has 0 radical (unpaired) electrons. The first-order valence-electron chi connectivity index (χ1n) is 8.28. The van der Waals surface area contributed by atoms with Gasteiger partial charge in [-0.25, -0.2) is 5.43 Å². The largest absolute Gasteiger partial charge is 0.321 e. The summed E-state index contributed by atoms with van der Waals surface area (Å²) in [6.07, 6.45) is 1.45. The molecule has 0 aromatic heterocycles. The lowest BCUT2D eigenvalue weighted by Crippen LogP contribution is -2.21. The van der Waals surface area contributed by atoms with Crippen molar-refractivity contribution in [3.8, 4) is 0 Å². The van der Waals surface area contributed by atoms with Crippen LogP contribution in [0.25, 0.3) is 0 Å². The molecule has 2 N–H and O–H groups in total. The number of amides is 2. The van der Waals surface area contributed by atoms with Gasteiger partial charge in [-0.1, -0.05) is 53.5 Å². The van der Waals surface area contributed by atoms with E-state index in [9.17, 15) is 9.59 Å².